The van der Waals surface area contributed by atoms with Crippen LogP contribution in [-0.2, 0) is 0 Å². The van der Waals surface area contributed by atoms with Crippen LogP contribution in [0, 0.1) is 5.41 Å². The molecule has 1 heterocycles. The number of anilines is 2. The number of methoxy groups -OCH3 is 1. The van der Waals surface area contributed by atoms with E-state index in [4.69, 9.17) is 4.74 Å². The van der Waals surface area contributed by atoms with Crippen molar-refractivity contribution in [3.8, 4) is 5.75 Å². The largest absolute Gasteiger partial charge is 0.497 e. The smallest absolute Gasteiger partial charge is 0.121 e. The lowest BCUT2D eigenvalue weighted by molar-refractivity contribution is 0.332. The summed E-state index contributed by atoms with van der Waals surface area (Å²) in [6, 6.07) is 6.63. The lowest BCUT2D eigenvalue weighted by Crippen LogP contribution is -2.34. The van der Waals surface area contributed by atoms with Crippen LogP contribution in [0.15, 0.2) is 18.2 Å². The van der Waals surface area contributed by atoms with Gasteiger partial charge in [0.25, 0.3) is 0 Å². The summed E-state index contributed by atoms with van der Waals surface area (Å²) in [5, 5.41) is 7.09. The van der Waals surface area contributed by atoms with Crippen LogP contribution in [0.5, 0.6) is 5.75 Å². The minimum absolute atomic E-state index is 0.267. The Kier molecular flexibility index (Phi) is 3.18. The molecular formula is C14H22N2O. The maximum Gasteiger partial charge on any atom is 0.121 e. The highest BCUT2D eigenvalue weighted by atomic mass is 16.5. The van der Waals surface area contributed by atoms with E-state index in [-0.39, 0.29) is 5.41 Å². The zero-order valence-electron chi connectivity index (χ0n) is 11.1. The monoisotopic (exact) mass is 234 g/mol. The van der Waals surface area contributed by atoms with E-state index in [1.807, 2.05) is 12.1 Å². The maximum atomic E-state index is 5.25. The SMILES string of the molecule is COc1ccc2c(c1)NCCC(C(C)(C)C)N2. The molecule has 1 aromatic rings. The zero-order chi connectivity index (χ0) is 12.5. The molecule has 1 atom stereocenters. The Morgan fingerprint density at radius 1 is 1.24 bits per heavy atom. The van der Waals surface area contributed by atoms with Gasteiger partial charge in [-0.25, -0.2) is 0 Å². The molecule has 0 amide bonds. The van der Waals surface area contributed by atoms with Crippen molar-refractivity contribution in [3.63, 3.8) is 0 Å². The molecule has 3 heteroatoms. The molecule has 2 rings (SSSR count). The minimum Gasteiger partial charge on any atom is -0.497 e. The molecule has 2 N–H and O–H groups in total. The number of fused-ring (bicyclic) bond motifs is 1. The van der Waals surface area contributed by atoms with E-state index in [0.717, 1.165) is 24.4 Å². The Bertz CT molecular complexity index is 396. The molecule has 0 saturated heterocycles. The number of rotatable bonds is 1. The molecule has 0 radical (unpaired) electrons. The molecular weight excluding hydrogens is 212 g/mol. The quantitative estimate of drug-likeness (QED) is 0.782. The Morgan fingerprint density at radius 3 is 2.65 bits per heavy atom. The summed E-state index contributed by atoms with van der Waals surface area (Å²) in [4.78, 5) is 0. The van der Waals surface area contributed by atoms with Crippen molar-refractivity contribution < 1.29 is 4.74 Å². The molecule has 0 fully saturated rings. The van der Waals surface area contributed by atoms with E-state index in [0.29, 0.717) is 6.04 Å². The van der Waals surface area contributed by atoms with Crippen LogP contribution >= 0.6 is 0 Å². The first-order chi connectivity index (χ1) is 8.00. The van der Waals surface area contributed by atoms with Gasteiger partial charge in [-0.1, -0.05) is 20.8 Å². The fraction of sp³-hybridized carbons (Fsp3) is 0.571. The lowest BCUT2D eigenvalue weighted by atomic mass is 9.85. The van der Waals surface area contributed by atoms with Crippen LogP contribution in [0.3, 0.4) is 0 Å². The van der Waals surface area contributed by atoms with E-state index >= 15 is 0 Å². The fourth-order valence-corrected chi connectivity index (χ4v) is 2.18. The Labute approximate surface area is 104 Å². The van der Waals surface area contributed by atoms with Gasteiger partial charge in [0, 0.05) is 18.7 Å². The minimum atomic E-state index is 0.267. The molecule has 0 saturated carbocycles. The number of hydrogen-bond acceptors (Lipinski definition) is 3. The predicted octanol–water partition coefficient (Wildman–Crippen LogP) is 3.34. The second-order valence-electron chi connectivity index (χ2n) is 5.69. The molecule has 1 unspecified atom stereocenters. The predicted molar refractivity (Wildman–Crippen MR) is 73.0 cm³/mol. The zero-order valence-corrected chi connectivity index (χ0v) is 11.1. The second kappa shape index (κ2) is 4.47. The first-order valence-electron chi connectivity index (χ1n) is 6.19. The summed E-state index contributed by atoms with van der Waals surface area (Å²) in [5.74, 6) is 0.896. The highest BCUT2D eigenvalue weighted by Gasteiger charge is 2.26. The molecule has 0 aliphatic carbocycles. The molecule has 17 heavy (non-hydrogen) atoms. The maximum absolute atomic E-state index is 5.25. The van der Waals surface area contributed by atoms with Gasteiger partial charge in [0.1, 0.15) is 5.75 Å². The molecule has 1 aromatic carbocycles. The molecule has 94 valence electrons. The van der Waals surface area contributed by atoms with Gasteiger partial charge >= 0.3 is 0 Å². The third-order valence-corrected chi connectivity index (χ3v) is 3.35. The van der Waals surface area contributed by atoms with Gasteiger partial charge in [-0.2, -0.15) is 0 Å². The third-order valence-electron chi connectivity index (χ3n) is 3.35. The first kappa shape index (κ1) is 12.1. The van der Waals surface area contributed by atoms with Gasteiger partial charge < -0.3 is 15.4 Å². The van der Waals surface area contributed by atoms with Crippen LogP contribution in [-0.4, -0.2) is 19.7 Å². The van der Waals surface area contributed by atoms with Crippen molar-refractivity contribution in [1.29, 1.82) is 0 Å². The third kappa shape index (κ3) is 2.65. The first-order valence-corrected chi connectivity index (χ1v) is 6.19. The fourth-order valence-electron chi connectivity index (χ4n) is 2.18. The van der Waals surface area contributed by atoms with Gasteiger partial charge in [-0.05, 0) is 24.0 Å². The molecule has 1 aliphatic rings. The molecule has 0 bridgehead atoms. The van der Waals surface area contributed by atoms with E-state index in [1.165, 1.54) is 5.69 Å². The topological polar surface area (TPSA) is 33.3 Å². The normalized spacial score (nSPS) is 19.6. The van der Waals surface area contributed by atoms with E-state index in [1.54, 1.807) is 7.11 Å². The summed E-state index contributed by atoms with van der Waals surface area (Å²) in [7, 11) is 1.70. The summed E-state index contributed by atoms with van der Waals surface area (Å²) in [6.07, 6.45) is 1.13. The Hall–Kier alpha value is -1.38. The number of nitrogens with one attached hydrogen (secondary N) is 2. The van der Waals surface area contributed by atoms with Crippen molar-refractivity contribution in [2.75, 3.05) is 24.3 Å². The van der Waals surface area contributed by atoms with Gasteiger partial charge in [0.2, 0.25) is 0 Å². The Balaban J connectivity index is 2.26. The van der Waals surface area contributed by atoms with Crippen molar-refractivity contribution in [1.82, 2.24) is 0 Å². The summed E-state index contributed by atoms with van der Waals surface area (Å²) in [6.45, 7) is 7.83. The summed E-state index contributed by atoms with van der Waals surface area (Å²) >= 11 is 0. The number of benzene rings is 1. The van der Waals surface area contributed by atoms with Crippen LogP contribution in [0.4, 0.5) is 11.4 Å². The highest BCUT2D eigenvalue weighted by Crippen LogP contribution is 2.34. The second-order valence-corrected chi connectivity index (χ2v) is 5.69. The van der Waals surface area contributed by atoms with Crippen LogP contribution in [0.1, 0.15) is 27.2 Å². The average molecular weight is 234 g/mol. The number of ether oxygens (including phenoxy) is 1. The van der Waals surface area contributed by atoms with Crippen molar-refractivity contribution in [3.05, 3.63) is 18.2 Å². The lowest BCUT2D eigenvalue weighted by Gasteiger charge is -2.31. The number of hydrogen-bond donors (Lipinski definition) is 2. The molecule has 0 aromatic heterocycles. The van der Waals surface area contributed by atoms with Gasteiger partial charge in [-0.15, -0.1) is 0 Å². The molecule has 0 spiro atoms. The highest BCUT2D eigenvalue weighted by molar-refractivity contribution is 5.71. The van der Waals surface area contributed by atoms with Crippen molar-refractivity contribution in [2.24, 2.45) is 5.41 Å². The van der Waals surface area contributed by atoms with E-state index in [2.05, 4.69) is 37.5 Å². The average Bonchev–Trinajstić information content (AvgIpc) is 2.49. The summed E-state index contributed by atoms with van der Waals surface area (Å²) in [5.41, 5.74) is 2.57. The van der Waals surface area contributed by atoms with Crippen LogP contribution in [0.2, 0.25) is 0 Å². The van der Waals surface area contributed by atoms with Gasteiger partial charge in [0.15, 0.2) is 0 Å². The molecule has 3 nitrogen and oxygen atoms in total. The van der Waals surface area contributed by atoms with Gasteiger partial charge in [-0.3, -0.25) is 0 Å². The standard InChI is InChI=1S/C14H22N2O/c1-14(2,3)13-7-8-15-12-9-10(17-4)5-6-11(12)16-13/h5-6,9,13,15-16H,7-8H2,1-4H3. The van der Waals surface area contributed by atoms with Crippen molar-refractivity contribution >= 4 is 11.4 Å². The van der Waals surface area contributed by atoms with E-state index in [9.17, 15) is 0 Å². The molecule has 1 aliphatic heterocycles. The summed E-state index contributed by atoms with van der Waals surface area (Å²) < 4.78 is 5.25. The van der Waals surface area contributed by atoms with Crippen LogP contribution in [0.25, 0.3) is 0 Å². The van der Waals surface area contributed by atoms with Crippen LogP contribution < -0.4 is 15.4 Å². The van der Waals surface area contributed by atoms with E-state index < -0.39 is 0 Å². The van der Waals surface area contributed by atoms with Crippen molar-refractivity contribution in [2.45, 2.75) is 33.2 Å². The Morgan fingerprint density at radius 2 is 2.00 bits per heavy atom. The van der Waals surface area contributed by atoms with Gasteiger partial charge in [0.05, 0.1) is 18.5 Å².